The summed E-state index contributed by atoms with van der Waals surface area (Å²) < 4.78 is 0. The molecule has 2 rings (SSSR count). The molecule has 4 nitrogen and oxygen atoms in total. The second-order valence-electron chi connectivity index (χ2n) is 7.57. The first-order valence-electron chi connectivity index (χ1n) is 8.54. The first kappa shape index (κ1) is 17.0. The molecule has 1 aliphatic carbocycles. The minimum absolute atomic E-state index is 0.0942. The third-order valence-electron chi connectivity index (χ3n) is 5.48. The maximum absolute atomic E-state index is 12.4. The number of carbonyl (C=O) groups excluding carboxylic acids is 2. The first-order chi connectivity index (χ1) is 10.3. The van der Waals surface area contributed by atoms with E-state index in [-0.39, 0.29) is 17.2 Å². The topological polar surface area (TPSA) is 40.6 Å². The molecule has 0 aromatic heterocycles. The summed E-state index contributed by atoms with van der Waals surface area (Å²) in [4.78, 5) is 27.4. The van der Waals surface area contributed by atoms with Crippen molar-refractivity contribution in [3.05, 3.63) is 12.2 Å². The van der Waals surface area contributed by atoms with Crippen molar-refractivity contribution in [3.63, 3.8) is 0 Å². The molecule has 2 amide bonds. The minimum Gasteiger partial charge on any atom is -0.339 e. The van der Waals surface area contributed by atoms with E-state index in [0.29, 0.717) is 38.0 Å². The summed E-state index contributed by atoms with van der Waals surface area (Å²) in [6, 6.07) is 0. The van der Waals surface area contributed by atoms with E-state index in [1.54, 1.807) is 17.9 Å². The molecule has 0 N–H and O–H groups in total. The van der Waals surface area contributed by atoms with E-state index < -0.39 is 0 Å². The van der Waals surface area contributed by atoms with Crippen molar-refractivity contribution in [2.24, 2.45) is 17.3 Å². The Labute approximate surface area is 134 Å². The van der Waals surface area contributed by atoms with Crippen molar-refractivity contribution in [1.29, 1.82) is 0 Å². The number of piperazine rings is 1. The summed E-state index contributed by atoms with van der Waals surface area (Å²) in [6.07, 6.45) is 7.70. The molecule has 2 fully saturated rings. The fraction of sp³-hybridized carbons (Fsp3) is 0.778. The Hall–Kier alpha value is -1.32. The average molecular weight is 306 g/mol. The Kier molecular flexibility index (Phi) is 5.30. The van der Waals surface area contributed by atoms with Gasteiger partial charge in [0.25, 0.3) is 0 Å². The molecule has 0 radical (unpaired) electrons. The Bertz CT molecular complexity index is 448. The zero-order valence-electron chi connectivity index (χ0n) is 14.5. The molecule has 22 heavy (non-hydrogen) atoms. The molecule has 4 heteroatoms. The van der Waals surface area contributed by atoms with Gasteiger partial charge in [0.2, 0.25) is 11.8 Å². The van der Waals surface area contributed by atoms with Crippen LogP contribution in [0.2, 0.25) is 0 Å². The van der Waals surface area contributed by atoms with Crippen molar-refractivity contribution < 1.29 is 9.59 Å². The van der Waals surface area contributed by atoms with Crippen LogP contribution in [-0.2, 0) is 9.59 Å². The van der Waals surface area contributed by atoms with Crippen molar-refractivity contribution in [3.8, 4) is 0 Å². The summed E-state index contributed by atoms with van der Waals surface area (Å²) >= 11 is 0. The molecule has 2 aliphatic rings. The van der Waals surface area contributed by atoms with Crippen molar-refractivity contribution >= 4 is 11.8 Å². The molecule has 0 spiro atoms. The number of carbonyl (C=O) groups is 2. The highest BCUT2D eigenvalue weighted by Gasteiger charge is 2.35. The molecule has 0 aromatic rings. The lowest BCUT2D eigenvalue weighted by Gasteiger charge is -2.41. The van der Waals surface area contributed by atoms with E-state index in [4.69, 9.17) is 0 Å². The van der Waals surface area contributed by atoms with Crippen molar-refractivity contribution in [2.45, 2.75) is 47.0 Å². The van der Waals surface area contributed by atoms with Crippen LogP contribution in [0, 0.1) is 17.3 Å². The van der Waals surface area contributed by atoms with Crippen LogP contribution in [0.15, 0.2) is 12.2 Å². The lowest BCUT2D eigenvalue weighted by Crippen LogP contribution is -2.49. The van der Waals surface area contributed by atoms with Crippen molar-refractivity contribution in [1.82, 2.24) is 9.80 Å². The van der Waals surface area contributed by atoms with E-state index in [1.807, 2.05) is 4.90 Å². The normalized spacial score (nSPS) is 28.9. The predicted octanol–water partition coefficient (Wildman–Crippen LogP) is 2.70. The van der Waals surface area contributed by atoms with Crippen LogP contribution in [0.1, 0.15) is 47.0 Å². The zero-order valence-corrected chi connectivity index (χ0v) is 14.5. The van der Waals surface area contributed by atoms with Gasteiger partial charge in [-0.1, -0.05) is 39.7 Å². The van der Waals surface area contributed by atoms with Gasteiger partial charge in [0.15, 0.2) is 0 Å². The second kappa shape index (κ2) is 6.84. The Morgan fingerprint density at radius 3 is 2.23 bits per heavy atom. The Balaban J connectivity index is 1.92. The summed E-state index contributed by atoms with van der Waals surface area (Å²) in [5.41, 5.74) is 0.280. The molecule has 124 valence electrons. The molecule has 1 saturated heterocycles. The molecular formula is C18H30N2O2. The lowest BCUT2D eigenvalue weighted by atomic mass is 9.64. The quantitative estimate of drug-likeness (QED) is 0.736. The van der Waals surface area contributed by atoms with Crippen LogP contribution in [0.25, 0.3) is 0 Å². The highest BCUT2D eigenvalue weighted by molar-refractivity contribution is 5.88. The maximum atomic E-state index is 12.4. The molecular weight excluding hydrogens is 276 g/mol. The Morgan fingerprint density at radius 2 is 1.68 bits per heavy atom. The molecule has 0 unspecified atom stereocenters. The summed E-state index contributed by atoms with van der Waals surface area (Å²) in [7, 11) is 0. The SMILES string of the molecule is CC(=O)N1CCN(C(=O)/C=C/[C@H]2[C@@H](C)CCCC2(C)C)CC1. The van der Waals surface area contributed by atoms with E-state index in [9.17, 15) is 9.59 Å². The number of nitrogens with zero attached hydrogens (tertiary/aromatic N) is 2. The molecule has 0 aromatic carbocycles. The average Bonchev–Trinajstić information content (AvgIpc) is 2.46. The van der Waals surface area contributed by atoms with E-state index in [2.05, 4.69) is 26.8 Å². The summed E-state index contributed by atoms with van der Waals surface area (Å²) in [5.74, 6) is 1.31. The standard InChI is InChI=1S/C18H30N2O2/c1-14-6-5-9-18(3,4)16(14)7-8-17(22)20-12-10-19(11-13-20)15(2)21/h7-8,14,16H,5-6,9-13H2,1-4H3/b8-7+/t14-,16-/m0/s1. The number of rotatable bonds is 2. The number of hydrogen-bond acceptors (Lipinski definition) is 2. The maximum Gasteiger partial charge on any atom is 0.246 e. The van der Waals surface area contributed by atoms with Gasteiger partial charge in [-0.2, -0.15) is 0 Å². The summed E-state index contributed by atoms with van der Waals surface area (Å²) in [5, 5.41) is 0. The molecule has 2 atom stereocenters. The van der Waals surface area contributed by atoms with Crippen LogP contribution < -0.4 is 0 Å². The van der Waals surface area contributed by atoms with Gasteiger partial charge in [-0.3, -0.25) is 9.59 Å². The molecule has 1 saturated carbocycles. The lowest BCUT2D eigenvalue weighted by molar-refractivity contribution is -0.135. The van der Waals surface area contributed by atoms with Crippen LogP contribution in [0.4, 0.5) is 0 Å². The van der Waals surface area contributed by atoms with Gasteiger partial charge >= 0.3 is 0 Å². The molecule has 1 heterocycles. The van der Waals surface area contributed by atoms with E-state index >= 15 is 0 Å². The largest absolute Gasteiger partial charge is 0.339 e. The van der Waals surface area contributed by atoms with Crippen LogP contribution in [0.5, 0.6) is 0 Å². The molecule has 1 aliphatic heterocycles. The van der Waals surface area contributed by atoms with Gasteiger partial charge in [0.05, 0.1) is 0 Å². The fourth-order valence-electron chi connectivity index (χ4n) is 3.98. The second-order valence-corrected chi connectivity index (χ2v) is 7.57. The minimum atomic E-state index is 0.0942. The van der Waals surface area contributed by atoms with Gasteiger partial charge in [-0.15, -0.1) is 0 Å². The zero-order chi connectivity index (χ0) is 16.3. The van der Waals surface area contributed by atoms with E-state index in [0.717, 1.165) is 0 Å². The fourth-order valence-corrected chi connectivity index (χ4v) is 3.98. The van der Waals surface area contributed by atoms with Gasteiger partial charge in [-0.25, -0.2) is 0 Å². The van der Waals surface area contributed by atoms with Gasteiger partial charge in [0, 0.05) is 33.1 Å². The van der Waals surface area contributed by atoms with Crippen LogP contribution >= 0.6 is 0 Å². The smallest absolute Gasteiger partial charge is 0.246 e. The van der Waals surface area contributed by atoms with Gasteiger partial charge in [-0.05, 0) is 29.7 Å². The number of hydrogen-bond donors (Lipinski definition) is 0. The highest BCUT2D eigenvalue weighted by atomic mass is 16.2. The number of allylic oxidation sites excluding steroid dienone is 1. The van der Waals surface area contributed by atoms with Gasteiger partial charge < -0.3 is 9.80 Å². The first-order valence-corrected chi connectivity index (χ1v) is 8.54. The Morgan fingerprint density at radius 1 is 1.09 bits per heavy atom. The monoisotopic (exact) mass is 306 g/mol. The highest BCUT2D eigenvalue weighted by Crippen LogP contribution is 2.44. The van der Waals surface area contributed by atoms with Crippen LogP contribution in [-0.4, -0.2) is 47.8 Å². The van der Waals surface area contributed by atoms with Crippen molar-refractivity contribution in [2.75, 3.05) is 26.2 Å². The van der Waals surface area contributed by atoms with Crippen LogP contribution in [0.3, 0.4) is 0 Å². The van der Waals surface area contributed by atoms with Gasteiger partial charge in [0.1, 0.15) is 0 Å². The predicted molar refractivity (Wildman–Crippen MR) is 88.3 cm³/mol. The third kappa shape index (κ3) is 3.90. The molecule has 0 bridgehead atoms. The van der Waals surface area contributed by atoms with E-state index in [1.165, 1.54) is 19.3 Å². The third-order valence-corrected chi connectivity index (χ3v) is 5.48. The number of amides is 2. The summed E-state index contributed by atoms with van der Waals surface area (Å²) in [6.45, 7) is 11.1.